The van der Waals surface area contributed by atoms with E-state index in [2.05, 4.69) is 18.8 Å². The van der Waals surface area contributed by atoms with E-state index in [-0.39, 0.29) is 0 Å². The molecule has 0 aliphatic heterocycles. The molecule has 3 nitrogen and oxygen atoms in total. The number of carbonyl (C=O) groups is 1. The van der Waals surface area contributed by atoms with Crippen LogP contribution in [-0.2, 0) is 4.79 Å². The third-order valence-corrected chi connectivity index (χ3v) is 2.00. The molecule has 1 aliphatic carbocycles. The molecule has 0 saturated heterocycles. The van der Waals surface area contributed by atoms with E-state index in [0.717, 1.165) is 6.42 Å². The lowest BCUT2D eigenvalue weighted by atomic mass is 10.3. The highest BCUT2D eigenvalue weighted by Crippen LogP contribution is 2.29. The molecular weight excluding hydrogens is 142 g/mol. The van der Waals surface area contributed by atoms with Crippen molar-refractivity contribution in [2.75, 3.05) is 0 Å². The van der Waals surface area contributed by atoms with Gasteiger partial charge in [0.15, 0.2) is 0 Å². The van der Waals surface area contributed by atoms with Crippen molar-refractivity contribution in [1.29, 1.82) is 0 Å². The maximum absolute atomic E-state index is 10.5. The Morgan fingerprint density at radius 2 is 2.45 bits per heavy atom. The van der Waals surface area contributed by atoms with Gasteiger partial charge in [0.1, 0.15) is 6.04 Å². The smallest absolute Gasteiger partial charge is 0.324 e. The molecule has 62 valence electrons. The third kappa shape index (κ3) is 2.05. The first kappa shape index (κ1) is 8.27. The number of carboxylic acids is 1. The van der Waals surface area contributed by atoms with Crippen LogP contribution < -0.4 is 5.32 Å². The summed E-state index contributed by atoms with van der Waals surface area (Å²) in [5, 5.41) is 11.6. The van der Waals surface area contributed by atoms with Crippen LogP contribution in [0.15, 0.2) is 12.7 Å². The second-order valence-corrected chi connectivity index (χ2v) is 3.04. The summed E-state index contributed by atoms with van der Waals surface area (Å²) in [4.78, 5) is 10.5. The van der Waals surface area contributed by atoms with Gasteiger partial charge in [-0.3, -0.25) is 10.1 Å². The first-order valence-corrected chi connectivity index (χ1v) is 3.76. The summed E-state index contributed by atoms with van der Waals surface area (Å²) in [6, 6.07) is -0.195. The van der Waals surface area contributed by atoms with Crippen molar-refractivity contribution in [2.45, 2.75) is 25.4 Å². The van der Waals surface area contributed by atoms with Crippen molar-refractivity contribution in [3.63, 3.8) is 0 Å². The van der Waals surface area contributed by atoms with Gasteiger partial charge < -0.3 is 5.11 Å². The number of hydrogen-bond donors (Lipinski definition) is 2. The number of nitrogens with one attached hydrogen (secondary N) is 1. The van der Waals surface area contributed by atoms with Gasteiger partial charge in [-0.05, 0) is 12.3 Å². The fourth-order valence-corrected chi connectivity index (χ4v) is 1.03. The van der Waals surface area contributed by atoms with Crippen LogP contribution in [0.3, 0.4) is 0 Å². The van der Waals surface area contributed by atoms with Crippen molar-refractivity contribution < 1.29 is 9.90 Å². The van der Waals surface area contributed by atoms with E-state index in [0.29, 0.717) is 12.0 Å². The summed E-state index contributed by atoms with van der Waals surface area (Å²) in [7, 11) is 0. The molecule has 3 atom stereocenters. The maximum atomic E-state index is 10.5. The van der Waals surface area contributed by atoms with Crippen LogP contribution >= 0.6 is 0 Å². The fraction of sp³-hybridized carbons (Fsp3) is 0.625. The maximum Gasteiger partial charge on any atom is 0.324 e. The Hall–Kier alpha value is -0.830. The standard InChI is InChI=1S/C8H13NO2/c1-3-6(8(10)11)9-7-4-5(7)2/h3,5-7,9H,1,4H2,2H3,(H,10,11). The fourth-order valence-electron chi connectivity index (χ4n) is 1.03. The van der Waals surface area contributed by atoms with Crippen LogP contribution in [0.2, 0.25) is 0 Å². The Bertz CT molecular complexity index is 179. The first-order chi connectivity index (χ1) is 5.15. The second kappa shape index (κ2) is 3.05. The van der Waals surface area contributed by atoms with Crippen molar-refractivity contribution >= 4 is 5.97 Å². The molecule has 0 amide bonds. The first-order valence-electron chi connectivity index (χ1n) is 3.76. The summed E-state index contributed by atoms with van der Waals surface area (Å²) >= 11 is 0. The quantitative estimate of drug-likeness (QED) is 0.585. The lowest BCUT2D eigenvalue weighted by molar-refractivity contribution is -0.138. The molecule has 0 aromatic rings. The predicted molar refractivity (Wildman–Crippen MR) is 42.3 cm³/mol. The molecule has 1 aliphatic rings. The largest absolute Gasteiger partial charge is 0.480 e. The van der Waals surface area contributed by atoms with Gasteiger partial charge in [0.05, 0.1) is 0 Å². The highest BCUT2D eigenvalue weighted by atomic mass is 16.4. The van der Waals surface area contributed by atoms with Crippen LogP contribution in [0.25, 0.3) is 0 Å². The van der Waals surface area contributed by atoms with E-state index in [1.165, 1.54) is 6.08 Å². The highest BCUT2D eigenvalue weighted by Gasteiger charge is 2.34. The average Bonchev–Trinajstić information content (AvgIpc) is 2.61. The summed E-state index contributed by atoms with van der Waals surface area (Å²) < 4.78 is 0. The molecular formula is C8H13NO2. The molecule has 1 fully saturated rings. The SMILES string of the molecule is C=CC(NC1CC1C)C(=O)O. The Morgan fingerprint density at radius 3 is 2.73 bits per heavy atom. The molecule has 1 saturated carbocycles. The van der Waals surface area contributed by atoms with Gasteiger partial charge in [-0.2, -0.15) is 0 Å². The zero-order chi connectivity index (χ0) is 8.43. The van der Waals surface area contributed by atoms with Crippen molar-refractivity contribution in [3.8, 4) is 0 Å². The zero-order valence-electron chi connectivity index (χ0n) is 6.58. The molecule has 2 N–H and O–H groups in total. The van der Waals surface area contributed by atoms with Crippen LogP contribution in [0.4, 0.5) is 0 Å². The van der Waals surface area contributed by atoms with E-state index < -0.39 is 12.0 Å². The monoisotopic (exact) mass is 155 g/mol. The van der Waals surface area contributed by atoms with E-state index in [1.807, 2.05) is 0 Å². The molecule has 3 unspecified atom stereocenters. The molecule has 0 bridgehead atoms. The molecule has 0 aromatic heterocycles. The minimum Gasteiger partial charge on any atom is -0.480 e. The summed E-state index contributed by atoms with van der Waals surface area (Å²) in [5.41, 5.74) is 0. The highest BCUT2D eigenvalue weighted by molar-refractivity contribution is 5.75. The van der Waals surface area contributed by atoms with Gasteiger partial charge in [-0.1, -0.05) is 13.0 Å². The van der Waals surface area contributed by atoms with Gasteiger partial charge >= 0.3 is 5.97 Å². The minimum atomic E-state index is -0.848. The van der Waals surface area contributed by atoms with Gasteiger partial charge in [0, 0.05) is 6.04 Å². The summed E-state index contributed by atoms with van der Waals surface area (Å²) in [5.74, 6) is -0.226. The van der Waals surface area contributed by atoms with Gasteiger partial charge in [0.25, 0.3) is 0 Å². The number of carboxylic acid groups (broad SMARTS) is 1. The Balaban J connectivity index is 2.32. The van der Waals surface area contributed by atoms with Gasteiger partial charge in [-0.25, -0.2) is 0 Å². The number of hydrogen-bond acceptors (Lipinski definition) is 2. The molecule has 0 radical (unpaired) electrons. The molecule has 0 heterocycles. The zero-order valence-corrected chi connectivity index (χ0v) is 6.58. The third-order valence-electron chi connectivity index (χ3n) is 2.00. The molecule has 1 rings (SSSR count). The number of aliphatic carboxylic acids is 1. The Labute approximate surface area is 66.1 Å². The lowest BCUT2D eigenvalue weighted by Gasteiger charge is -2.07. The molecule has 11 heavy (non-hydrogen) atoms. The van der Waals surface area contributed by atoms with E-state index in [9.17, 15) is 4.79 Å². The predicted octanol–water partition coefficient (Wildman–Crippen LogP) is 0.624. The summed E-state index contributed by atoms with van der Waals surface area (Å²) in [6.45, 7) is 5.54. The van der Waals surface area contributed by atoms with Crippen LogP contribution in [-0.4, -0.2) is 23.2 Å². The van der Waals surface area contributed by atoms with E-state index in [1.54, 1.807) is 0 Å². The van der Waals surface area contributed by atoms with Crippen molar-refractivity contribution in [2.24, 2.45) is 5.92 Å². The minimum absolute atomic E-state index is 0.383. The summed E-state index contributed by atoms with van der Waals surface area (Å²) in [6.07, 6.45) is 2.50. The van der Waals surface area contributed by atoms with Crippen LogP contribution in [0, 0.1) is 5.92 Å². The van der Waals surface area contributed by atoms with Crippen LogP contribution in [0.5, 0.6) is 0 Å². The molecule has 0 aromatic carbocycles. The number of rotatable bonds is 4. The second-order valence-electron chi connectivity index (χ2n) is 3.04. The van der Waals surface area contributed by atoms with E-state index >= 15 is 0 Å². The molecule has 0 spiro atoms. The molecule has 3 heteroatoms. The lowest BCUT2D eigenvalue weighted by Crippen LogP contribution is -2.36. The average molecular weight is 155 g/mol. The van der Waals surface area contributed by atoms with Gasteiger partial charge in [0.2, 0.25) is 0 Å². The van der Waals surface area contributed by atoms with Crippen LogP contribution in [0.1, 0.15) is 13.3 Å². The topological polar surface area (TPSA) is 49.3 Å². The Morgan fingerprint density at radius 1 is 1.91 bits per heavy atom. The Kier molecular flexibility index (Phi) is 2.29. The normalized spacial score (nSPS) is 31.0. The van der Waals surface area contributed by atoms with E-state index in [4.69, 9.17) is 5.11 Å². The van der Waals surface area contributed by atoms with Gasteiger partial charge in [-0.15, -0.1) is 6.58 Å². The van der Waals surface area contributed by atoms with Crippen molar-refractivity contribution in [3.05, 3.63) is 12.7 Å². The van der Waals surface area contributed by atoms with Crippen molar-refractivity contribution in [1.82, 2.24) is 5.32 Å².